The van der Waals surface area contributed by atoms with E-state index in [-0.39, 0.29) is 0 Å². The Balaban J connectivity index is 1.59. The van der Waals surface area contributed by atoms with Gasteiger partial charge in [0.1, 0.15) is 0 Å². The fraction of sp³-hybridized carbons (Fsp3) is 0.800. The van der Waals surface area contributed by atoms with E-state index in [1.807, 2.05) is 0 Å². The molecule has 1 aromatic rings. The zero-order valence-corrected chi connectivity index (χ0v) is 8.36. The van der Waals surface area contributed by atoms with Crippen molar-refractivity contribution >= 4 is 0 Å². The van der Waals surface area contributed by atoms with Gasteiger partial charge in [-0.05, 0) is 25.2 Å². The first-order chi connectivity index (χ1) is 6.83. The summed E-state index contributed by atoms with van der Waals surface area (Å²) in [6, 6.07) is 0.705. The van der Waals surface area contributed by atoms with Gasteiger partial charge in [0.05, 0.1) is 6.54 Å². The minimum absolute atomic E-state index is 0.539. The third-order valence-corrected chi connectivity index (χ3v) is 3.04. The van der Waals surface area contributed by atoms with Gasteiger partial charge >= 0.3 is 0 Å². The van der Waals surface area contributed by atoms with Gasteiger partial charge in [0.2, 0.25) is 5.89 Å². The lowest BCUT2D eigenvalue weighted by molar-refractivity contribution is 0.369. The van der Waals surface area contributed by atoms with Crippen LogP contribution in [0.2, 0.25) is 0 Å². The minimum Gasteiger partial charge on any atom is -0.339 e. The Morgan fingerprint density at radius 1 is 1.50 bits per heavy atom. The van der Waals surface area contributed by atoms with Crippen LogP contribution in [-0.2, 0) is 6.54 Å². The van der Waals surface area contributed by atoms with Crippen LogP contribution >= 0.6 is 0 Å². The van der Waals surface area contributed by atoms with Crippen molar-refractivity contribution in [1.29, 1.82) is 0 Å². The highest BCUT2D eigenvalue weighted by Crippen LogP contribution is 2.45. The zero-order chi connectivity index (χ0) is 9.54. The van der Waals surface area contributed by atoms with Gasteiger partial charge in [-0.15, -0.1) is 0 Å². The molecular formula is C10H15N3O. The highest BCUT2D eigenvalue weighted by Gasteiger charge is 2.38. The van der Waals surface area contributed by atoms with Crippen LogP contribution < -0.4 is 5.32 Å². The van der Waals surface area contributed by atoms with Gasteiger partial charge in [0.25, 0.3) is 0 Å². The summed E-state index contributed by atoms with van der Waals surface area (Å²) in [5, 5.41) is 7.33. The molecule has 0 radical (unpaired) electrons. The Labute approximate surface area is 83.1 Å². The van der Waals surface area contributed by atoms with E-state index in [0.717, 1.165) is 24.2 Å². The summed E-state index contributed by atoms with van der Waals surface area (Å²) < 4.78 is 5.21. The zero-order valence-electron chi connectivity index (χ0n) is 8.36. The summed E-state index contributed by atoms with van der Waals surface area (Å²) >= 11 is 0. The molecule has 76 valence electrons. The summed E-state index contributed by atoms with van der Waals surface area (Å²) in [6.07, 6.45) is 3.80. The monoisotopic (exact) mass is 193 g/mol. The standard InChI is InChI=1S/C10H15N3O/c1-6-4-8(6)10-12-9(13-14-10)5-11-7-2-3-7/h6-8,11H,2-5H2,1H3. The van der Waals surface area contributed by atoms with E-state index in [1.165, 1.54) is 19.3 Å². The van der Waals surface area contributed by atoms with E-state index < -0.39 is 0 Å². The molecule has 0 aliphatic heterocycles. The molecule has 1 aromatic heterocycles. The Morgan fingerprint density at radius 2 is 2.29 bits per heavy atom. The van der Waals surface area contributed by atoms with Crippen LogP contribution in [0.4, 0.5) is 0 Å². The Hall–Kier alpha value is -0.900. The van der Waals surface area contributed by atoms with Crippen molar-refractivity contribution in [3.63, 3.8) is 0 Å². The van der Waals surface area contributed by atoms with Gasteiger partial charge in [0.15, 0.2) is 5.82 Å². The molecule has 14 heavy (non-hydrogen) atoms. The van der Waals surface area contributed by atoms with Gasteiger partial charge in [0, 0.05) is 12.0 Å². The van der Waals surface area contributed by atoms with E-state index in [9.17, 15) is 0 Å². The summed E-state index contributed by atoms with van der Waals surface area (Å²) in [5.74, 6) is 2.92. The molecule has 2 fully saturated rings. The number of aromatic nitrogens is 2. The molecule has 4 heteroatoms. The second kappa shape index (κ2) is 3.05. The van der Waals surface area contributed by atoms with Crippen LogP contribution in [0.5, 0.6) is 0 Å². The van der Waals surface area contributed by atoms with E-state index >= 15 is 0 Å². The van der Waals surface area contributed by atoms with Crippen LogP contribution in [0, 0.1) is 5.92 Å². The van der Waals surface area contributed by atoms with Crippen molar-refractivity contribution in [2.24, 2.45) is 5.92 Å². The molecule has 2 aliphatic rings. The maximum atomic E-state index is 5.21. The van der Waals surface area contributed by atoms with Crippen molar-refractivity contribution < 1.29 is 4.52 Å². The smallest absolute Gasteiger partial charge is 0.230 e. The van der Waals surface area contributed by atoms with Gasteiger partial charge in [-0.2, -0.15) is 4.98 Å². The SMILES string of the molecule is CC1CC1c1nc(CNC2CC2)no1. The minimum atomic E-state index is 0.539. The van der Waals surface area contributed by atoms with Crippen molar-refractivity contribution in [2.75, 3.05) is 0 Å². The van der Waals surface area contributed by atoms with Crippen molar-refractivity contribution in [3.05, 3.63) is 11.7 Å². The first kappa shape index (κ1) is 8.41. The lowest BCUT2D eigenvalue weighted by Crippen LogP contribution is -2.16. The highest BCUT2D eigenvalue weighted by molar-refractivity contribution is 5.06. The molecule has 3 rings (SSSR count). The molecule has 2 unspecified atom stereocenters. The molecule has 1 heterocycles. The van der Waals surface area contributed by atoms with Gasteiger partial charge < -0.3 is 9.84 Å². The first-order valence-corrected chi connectivity index (χ1v) is 5.39. The molecule has 2 saturated carbocycles. The number of nitrogens with one attached hydrogen (secondary N) is 1. The maximum Gasteiger partial charge on any atom is 0.230 e. The lowest BCUT2D eigenvalue weighted by atomic mass is 10.3. The van der Waals surface area contributed by atoms with Crippen LogP contribution in [0.3, 0.4) is 0 Å². The molecule has 0 amide bonds. The molecule has 2 aliphatic carbocycles. The summed E-state index contributed by atoms with van der Waals surface area (Å²) in [4.78, 5) is 4.38. The molecule has 1 N–H and O–H groups in total. The maximum absolute atomic E-state index is 5.21. The second-order valence-corrected chi connectivity index (χ2v) is 4.52. The summed E-state index contributed by atoms with van der Waals surface area (Å²) in [7, 11) is 0. The van der Waals surface area contributed by atoms with Crippen molar-refractivity contribution in [1.82, 2.24) is 15.5 Å². The van der Waals surface area contributed by atoms with Crippen LogP contribution in [0.1, 0.15) is 43.8 Å². The topological polar surface area (TPSA) is 51.0 Å². The second-order valence-electron chi connectivity index (χ2n) is 4.52. The van der Waals surface area contributed by atoms with E-state index in [0.29, 0.717) is 12.0 Å². The lowest BCUT2D eigenvalue weighted by Gasteiger charge is -1.94. The van der Waals surface area contributed by atoms with Crippen molar-refractivity contribution in [3.8, 4) is 0 Å². The highest BCUT2D eigenvalue weighted by atomic mass is 16.5. The van der Waals surface area contributed by atoms with E-state index in [2.05, 4.69) is 22.4 Å². The Kier molecular flexibility index (Phi) is 1.83. The predicted octanol–water partition coefficient (Wildman–Crippen LogP) is 1.45. The Bertz CT molecular complexity index is 332. The third kappa shape index (κ3) is 1.66. The molecule has 0 spiro atoms. The van der Waals surface area contributed by atoms with Crippen molar-refractivity contribution in [2.45, 2.75) is 44.7 Å². The molecule has 4 nitrogen and oxygen atoms in total. The fourth-order valence-corrected chi connectivity index (χ4v) is 1.68. The van der Waals surface area contributed by atoms with Crippen LogP contribution in [0.15, 0.2) is 4.52 Å². The quantitative estimate of drug-likeness (QED) is 0.786. The number of nitrogens with zero attached hydrogens (tertiary/aromatic N) is 2. The van der Waals surface area contributed by atoms with Gasteiger partial charge in [-0.25, -0.2) is 0 Å². The third-order valence-electron chi connectivity index (χ3n) is 3.04. The van der Waals surface area contributed by atoms with Crippen LogP contribution in [-0.4, -0.2) is 16.2 Å². The fourth-order valence-electron chi connectivity index (χ4n) is 1.68. The van der Waals surface area contributed by atoms with E-state index in [4.69, 9.17) is 4.52 Å². The van der Waals surface area contributed by atoms with Gasteiger partial charge in [-0.1, -0.05) is 12.1 Å². The predicted molar refractivity (Wildman–Crippen MR) is 50.7 cm³/mol. The number of hydrogen-bond donors (Lipinski definition) is 1. The largest absolute Gasteiger partial charge is 0.339 e. The number of hydrogen-bond acceptors (Lipinski definition) is 4. The summed E-state index contributed by atoms with van der Waals surface area (Å²) in [5.41, 5.74) is 0. The van der Waals surface area contributed by atoms with Gasteiger partial charge in [-0.3, -0.25) is 0 Å². The molecule has 0 bridgehead atoms. The molecule has 0 aromatic carbocycles. The Morgan fingerprint density at radius 3 is 2.93 bits per heavy atom. The summed E-state index contributed by atoms with van der Waals surface area (Å²) in [6.45, 7) is 2.98. The molecule has 2 atom stereocenters. The van der Waals surface area contributed by atoms with Crippen LogP contribution in [0.25, 0.3) is 0 Å². The molecule has 0 saturated heterocycles. The number of rotatable bonds is 4. The molecular weight excluding hydrogens is 178 g/mol. The average molecular weight is 193 g/mol. The van der Waals surface area contributed by atoms with E-state index in [1.54, 1.807) is 0 Å². The first-order valence-electron chi connectivity index (χ1n) is 5.39. The normalized spacial score (nSPS) is 30.6. The average Bonchev–Trinajstić information content (AvgIpc) is 3.07.